The zero-order valence-corrected chi connectivity index (χ0v) is 18.7. The van der Waals surface area contributed by atoms with Crippen LogP contribution in [-0.2, 0) is 17.4 Å². The fourth-order valence-corrected chi connectivity index (χ4v) is 4.11. The summed E-state index contributed by atoms with van der Waals surface area (Å²) in [5.74, 6) is -0.0904. The van der Waals surface area contributed by atoms with Gasteiger partial charge in [0.1, 0.15) is 11.5 Å². The Morgan fingerprint density at radius 3 is 2.35 bits per heavy atom. The summed E-state index contributed by atoms with van der Waals surface area (Å²) in [6, 6.07) is 17.9. The summed E-state index contributed by atoms with van der Waals surface area (Å²) >= 11 is 0. The Morgan fingerprint density at radius 2 is 1.71 bits per heavy atom. The van der Waals surface area contributed by atoms with E-state index in [2.05, 4.69) is 13.0 Å². The first kappa shape index (κ1) is 23.4. The van der Waals surface area contributed by atoms with Crippen molar-refractivity contribution in [1.82, 2.24) is 0 Å². The number of allylic oxidation sites excluding steroid dienone is 2. The summed E-state index contributed by atoms with van der Waals surface area (Å²) in [6.07, 6.45) is -1.62. The van der Waals surface area contributed by atoms with Gasteiger partial charge in [0.15, 0.2) is 0 Å². The Bertz CT molecular complexity index is 1300. The SMILES string of the molecule is CCc1ccc2c(c1)C(CC(=O)O)=C(C)/C2=C/c1cccc(Oc2ccc(C(F)(F)F)cc2)c1. The number of carbonyl (C=O) groups is 1. The minimum Gasteiger partial charge on any atom is -0.481 e. The van der Waals surface area contributed by atoms with Crippen molar-refractivity contribution in [3.05, 3.63) is 100 Å². The predicted molar refractivity (Wildman–Crippen MR) is 126 cm³/mol. The summed E-state index contributed by atoms with van der Waals surface area (Å²) in [6.45, 7) is 3.99. The van der Waals surface area contributed by atoms with E-state index in [0.717, 1.165) is 57.5 Å². The van der Waals surface area contributed by atoms with Crippen molar-refractivity contribution in [2.24, 2.45) is 0 Å². The molecule has 0 aromatic heterocycles. The maximum atomic E-state index is 12.8. The summed E-state index contributed by atoms with van der Waals surface area (Å²) in [7, 11) is 0. The van der Waals surface area contributed by atoms with Gasteiger partial charge in [-0.1, -0.05) is 37.3 Å². The number of rotatable bonds is 6. The predicted octanol–water partition coefficient (Wildman–Crippen LogP) is 7.86. The van der Waals surface area contributed by atoms with Crippen LogP contribution in [0.15, 0.2) is 72.3 Å². The van der Waals surface area contributed by atoms with Gasteiger partial charge in [0, 0.05) is 0 Å². The molecule has 6 heteroatoms. The van der Waals surface area contributed by atoms with Gasteiger partial charge < -0.3 is 9.84 Å². The van der Waals surface area contributed by atoms with Crippen LogP contribution in [0.1, 0.15) is 48.1 Å². The van der Waals surface area contributed by atoms with E-state index in [0.29, 0.717) is 11.5 Å². The van der Waals surface area contributed by atoms with Crippen molar-refractivity contribution < 1.29 is 27.8 Å². The Labute approximate surface area is 195 Å². The average molecular weight is 464 g/mol. The molecule has 34 heavy (non-hydrogen) atoms. The second-order valence-corrected chi connectivity index (χ2v) is 8.16. The van der Waals surface area contributed by atoms with Crippen LogP contribution in [0.2, 0.25) is 0 Å². The Hall–Kier alpha value is -3.80. The summed E-state index contributed by atoms with van der Waals surface area (Å²) in [5, 5.41) is 9.43. The number of carboxylic acids is 1. The molecule has 0 bridgehead atoms. The molecule has 3 aromatic carbocycles. The maximum absolute atomic E-state index is 12.8. The lowest BCUT2D eigenvalue weighted by molar-refractivity contribution is -0.138. The highest BCUT2D eigenvalue weighted by atomic mass is 19.4. The van der Waals surface area contributed by atoms with Crippen molar-refractivity contribution in [2.75, 3.05) is 0 Å². The van der Waals surface area contributed by atoms with E-state index in [-0.39, 0.29) is 6.42 Å². The molecule has 1 aliphatic carbocycles. The quantitative estimate of drug-likeness (QED) is 0.404. The van der Waals surface area contributed by atoms with Crippen LogP contribution >= 0.6 is 0 Å². The zero-order valence-electron chi connectivity index (χ0n) is 18.7. The molecule has 0 saturated heterocycles. The molecule has 4 rings (SSSR count). The van der Waals surface area contributed by atoms with Gasteiger partial charge in [-0.05, 0) is 94.8 Å². The van der Waals surface area contributed by atoms with Crippen LogP contribution in [0.5, 0.6) is 11.5 Å². The van der Waals surface area contributed by atoms with Crippen molar-refractivity contribution in [3.63, 3.8) is 0 Å². The normalized spacial score (nSPS) is 14.4. The average Bonchev–Trinajstić information content (AvgIpc) is 3.04. The number of aryl methyl sites for hydroxylation is 1. The summed E-state index contributed by atoms with van der Waals surface area (Å²) < 4.78 is 44.1. The number of benzene rings is 3. The molecule has 1 N–H and O–H groups in total. The van der Waals surface area contributed by atoms with E-state index >= 15 is 0 Å². The van der Waals surface area contributed by atoms with E-state index in [1.54, 1.807) is 18.2 Å². The molecule has 174 valence electrons. The Balaban J connectivity index is 1.66. The molecule has 0 unspecified atom stereocenters. The highest BCUT2D eigenvalue weighted by Gasteiger charge is 2.30. The third kappa shape index (κ3) is 4.91. The number of ether oxygens (including phenoxy) is 1. The lowest BCUT2D eigenvalue weighted by Gasteiger charge is -2.10. The molecule has 1 aliphatic rings. The molecule has 3 nitrogen and oxygen atoms in total. The van der Waals surface area contributed by atoms with Gasteiger partial charge in [0.05, 0.1) is 12.0 Å². The van der Waals surface area contributed by atoms with Crippen molar-refractivity contribution in [2.45, 2.75) is 32.9 Å². The van der Waals surface area contributed by atoms with Crippen LogP contribution < -0.4 is 4.74 Å². The fourth-order valence-electron chi connectivity index (χ4n) is 4.11. The molecule has 0 spiro atoms. The van der Waals surface area contributed by atoms with E-state index < -0.39 is 17.7 Å². The number of alkyl halides is 3. The number of halogens is 3. The molecular weight excluding hydrogens is 441 g/mol. The largest absolute Gasteiger partial charge is 0.481 e. The third-order valence-electron chi connectivity index (χ3n) is 5.88. The lowest BCUT2D eigenvalue weighted by atomic mass is 9.98. The van der Waals surface area contributed by atoms with Crippen molar-refractivity contribution >= 4 is 23.2 Å². The van der Waals surface area contributed by atoms with Crippen molar-refractivity contribution in [3.8, 4) is 11.5 Å². The molecule has 0 amide bonds. The van der Waals surface area contributed by atoms with Crippen LogP contribution in [-0.4, -0.2) is 11.1 Å². The van der Waals surface area contributed by atoms with E-state index in [4.69, 9.17) is 4.74 Å². The number of hydrogen-bond donors (Lipinski definition) is 1. The third-order valence-corrected chi connectivity index (χ3v) is 5.88. The standard InChI is InChI=1S/C28H23F3O3/c1-3-18-7-12-23-24(17(2)25(16-27(32)33)26(23)14-18)15-19-5-4-6-22(13-19)34-21-10-8-20(9-11-21)28(29,30)31/h4-15H,3,16H2,1-2H3,(H,32,33)/b24-15-. The molecule has 0 aliphatic heterocycles. The van der Waals surface area contributed by atoms with Crippen LogP contribution in [0.4, 0.5) is 13.2 Å². The molecule has 0 atom stereocenters. The molecule has 0 fully saturated rings. The number of aliphatic carboxylic acids is 1. The van der Waals surface area contributed by atoms with Gasteiger partial charge in [-0.3, -0.25) is 4.79 Å². The van der Waals surface area contributed by atoms with Gasteiger partial charge >= 0.3 is 12.1 Å². The van der Waals surface area contributed by atoms with E-state index in [1.807, 2.05) is 31.2 Å². The minimum absolute atomic E-state index is 0.0551. The highest BCUT2D eigenvalue weighted by molar-refractivity contribution is 6.07. The van der Waals surface area contributed by atoms with Gasteiger partial charge in [-0.2, -0.15) is 13.2 Å². The fraction of sp³-hybridized carbons (Fsp3) is 0.179. The minimum atomic E-state index is -4.40. The van der Waals surface area contributed by atoms with Gasteiger partial charge in [-0.15, -0.1) is 0 Å². The first-order valence-corrected chi connectivity index (χ1v) is 10.9. The molecule has 0 radical (unpaired) electrons. The number of carboxylic acid groups (broad SMARTS) is 1. The van der Waals surface area contributed by atoms with Gasteiger partial charge in [0.2, 0.25) is 0 Å². The van der Waals surface area contributed by atoms with Crippen LogP contribution in [0.25, 0.3) is 17.2 Å². The summed E-state index contributed by atoms with van der Waals surface area (Å²) in [5.41, 5.74) is 5.84. The number of fused-ring (bicyclic) bond motifs is 1. The van der Waals surface area contributed by atoms with E-state index in [1.165, 1.54) is 12.1 Å². The van der Waals surface area contributed by atoms with E-state index in [9.17, 15) is 23.1 Å². The Kier molecular flexibility index (Phi) is 6.33. The molecule has 3 aromatic rings. The lowest BCUT2D eigenvalue weighted by Crippen LogP contribution is -2.03. The second kappa shape index (κ2) is 9.21. The number of hydrogen-bond acceptors (Lipinski definition) is 2. The van der Waals surface area contributed by atoms with Crippen LogP contribution in [0, 0.1) is 0 Å². The maximum Gasteiger partial charge on any atom is 0.416 e. The van der Waals surface area contributed by atoms with Crippen molar-refractivity contribution in [1.29, 1.82) is 0 Å². The smallest absolute Gasteiger partial charge is 0.416 e. The zero-order chi connectivity index (χ0) is 24.5. The first-order valence-electron chi connectivity index (χ1n) is 10.9. The topological polar surface area (TPSA) is 46.5 Å². The second-order valence-electron chi connectivity index (χ2n) is 8.16. The van der Waals surface area contributed by atoms with Gasteiger partial charge in [0.25, 0.3) is 0 Å². The Morgan fingerprint density at radius 1 is 0.971 bits per heavy atom. The van der Waals surface area contributed by atoms with Gasteiger partial charge in [-0.25, -0.2) is 0 Å². The highest BCUT2D eigenvalue weighted by Crippen LogP contribution is 2.44. The molecule has 0 heterocycles. The van der Waals surface area contributed by atoms with Crippen LogP contribution in [0.3, 0.4) is 0 Å². The first-order chi connectivity index (χ1) is 16.2. The monoisotopic (exact) mass is 464 g/mol. The molecule has 0 saturated carbocycles. The summed E-state index contributed by atoms with van der Waals surface area (Å²) in [4.78, 5) is 11.5. The molecular formula is C28H23F3O3.